The summed E-state index contributed by atoms with van der Waals surface area (Å²) in [5.74, 6) is -0.125. The highest BCUT2D eigenvalue weighted by Gasteiger charge is 2.30. The van der Waals surface area contributed by atoms with Crippen molar-refractivity contribution in [3.05, 3.63) is 59.2 Å². The van der Waals surface area contributed by atoms with Gasteiger partial charge in [0.1, 0.15) is 0 Å². The highest BCUT2D eigenvalue weighted by molar-refractivity contribution is 7.89. The summed E-state index contributed by atoms with van der Waals surface area (Å²) < 4.78 is 27.1. The van der Waals surface area contributed by atoms with Crippen LogP contribution in [0.25, 0.3) is 0 Å². The van der Waals surface area contributed by atoms with Gasteiger partial charge in [-0.15, -0.1) is 12.4 Å². The molecular formula is C19H24ClN3O3S. The summed E-state index contributed by atoms with van der Waals surface area (Å²) in [4.78, 5) is 14.5. The first-order chi connectivity index (χ1) is 12.3. The van der Waals surface area contributed by atoms with Crippen molar-refractivity contribution in [1.82, 2.24) is 9.21 Å². The summed E-state index contributed by atoms with van der Waals surface area (Å²) in [6, 6.07) is 12.0. The lowest BCUT2D eigenvalue weighted by atomic mass is 10.1. The minimum atomic E-state index is -3.55. The van der Waals surface area contributed by atoms with Crippen molar-refractivity contribution in [3.8, 4) is 0 Å². The summed E-state index contributed by atoms with van der Waals surface area (Å²) in [6.45, 7) is 5.13. The van der Waals surface area contributed by atoms with E-state index >= 15 is 0 Å². The number of piperazine rings is 1. The number of nitrogen functional groups attached to an aromatic ring is 1. The number of nitrogens with two attached hydrogens (primary N) is 1. The largest absolute Gasteiger partial charge is 0.399 e. The van der Waals surface area contributed by atoms with Crippen molar-refractivity contribution in [2.24, 2.45) is 0 Å². The number of halogens is 1. The van der Waals surface area contributed by atoms with Crippen LogP contribution in [0.4, 0.5) is 5.69 Å². The van der Waals surface area contributed by atoms with E-state index < -0.39 is 10.0 Å². The number of aryl methyl sites for hydroxylation is 2. The molecule has 0 spiro atoms. The standard InChI is InChI=1S/C19H23N3O3S.ClH/c1-14-6-7-18(12-15(14)2)26(24,25)22-10-8-21(9-11-22)19(23)16-4-3-5-17(20)13-16;/h3-7,12-13H,8-11,20H2,1-2H3;1H. The smallest absolute Gasteiger partial charge is 0.254 e. The zero-order valence-electron chi connectivity index (χ0n) is 15.4. The number of carbonyl (C=O) groups is 1. The maximum atomic E-state index is 12.8. The van der Waals surface area contributed by atoms with E-state index in [1.807, 2.05) is 19.9 Å². The van der Waals surface area contributed by atoms with Crippen molar-refractivity contribution in [1.29, 1.82) is 0 Å². The van der Waals surface area contributed by atoms with Gasteiger partial charge >= 0.3 is 0 Å². The maximum Gasteiger partial charge on any atom is 0.254 e. The van der Waals surface area contributed by atoms with Gasteiger partial charge < -0.3 is 10.6 Å². The molecule has 2 N–H and O–H groups in total. The molecular weight excluding hydrogens is 386 g/mol. The molecule has 2 aromatic rings. The normalized spacial score (nSPS) is 15.3. The molecule has 0 atom stereocenters. The van der Waals surface area contributed by atoms with Gasteiger partial charge in [0, 0.05) is 37.4 Å². The Morgan fingerprint density at radius 1 is 0.963 bits per heavy atom. The second-order valence-electron chi connectivity index (χ2n) is 6.57. The van der Waals surface area contributed by atoms with Crippen LogP contribution in [0, 0.1) is 13.8 Å². The van der Waals surface area contributed by atoms with Gasteiger partial charge in [-0.1, -0.05) is 12.1 Å². The zero-order chi connectivity index (χ0) is 18.9. The third-order valence-electron chi connectivity index (χ3n) is 4.78. The molecule has 8 heteroatoms. The molecule has 0 aliphatic carbocycles. The number of hydrogen-bond acceptors (Lipinski definition) is 4. The van der Waals surface area contributed by atoms with E-state index in [2.05, 4.69) is 0 Å². The molecule has 1 amide bonds. The third-order valence-corrected chi connectivity index (χ3v) is 6.67. The fourth-order valence-electron chi connectivity index (χ4n) is 3.01. The van der Waals surface area contributed by atoms with Gasteiger partial charge in [0.2, 0.25) is 10.0 Å². The van der Waals surface area contributed by atoms with Crippen LogP contribution in [-0.4, -0.2) is 49.7 Å². The topological polar surface area (TPSA) is 83.7 Å². The number of amides is 1. The van der Waals surface area contributed by atoms with Gasteiger partial charge in [0.25, 0.3) is 5.91 Å². The third kappa shape index (κ3) is 4.43. The highest BCUT2D eigenvalue weighted by atomic mass is 35.5. The summed E-state index contributed by atoms with van der Waals surface area (Å²) in [5, 5.41) is 0. The van der Waals surface area contributed by atoms with E-state index in [0.717, 1.165) is 11.1 Å². The predicted octanol–water partition coefficient (Wildman–Crippen LogP) is 2.45. The van der Waals surface area contributed by atoms with E-state index in [9.17, 15) is 13.2 Å². The molecule has 0 saturated carbocycles. The van der Waals surface area contributed by atoms with Crippen molar-refractivity contribution in [3.63, 3.8) is 0 Å². The minimum Gasteiger partial charge on any atom is -0.399 e. The number of carbonyl (C=O) groups excluding carboxylic acids is 1. The van der Waals surface area contributed by atoms with Gasteiger partial charge in [-0.3, -0.25) is 4.79 Å². The van der Waals surface area contributed by atoms with Crippen molar-refractivity contribution in [2.45, 2.75) is 18.7 Å². The lowest BCUT2D eigenvalue weighted by Gasteiger charge is -2.34. The quantitative estimate of drug-likeness (QED) is 0.789. The number of benzene rings is 2. The van der Waals surface area contributed by atoms with Crippen LogP contribution < -0.4 is 5.73 Å². The van der Waals surface area contributed by atoms with Gasteiger partial charge in [-0.2, -0.15) is 4.31 Å². The van der Waals surface area contributed by atoms with E-state index in [1.165, 1.54) is 4.31 Å². The summed E-state index contributed by atoms with van der Waals surface area (Å²) in [6.07, 6.45) is 0. The van der Waals surface area contributed by atoms with Gasteiger partial charge in [-0.25, -0.2) is 8.42 Å². The van der Waals surface area contributed by atoms with Gasteiger partial charge in [0.15, 0.2) is 0 Å². The molecule has 0 radical (unpaired) electrons. The SMILES string of the molecule is Cc1ccc(S(=O)(=O)N2CCN(C(=O)c3cccc(N)c3)CC2)cc1C.Cl. The first kappa shape index (κ1) is 21.2. The summed E-state index contributed by atoms with van der Waals surface area (Å²) >= 11 is 0. The molecule has 2 aromatic carbocycles. The number of nitrogens with zero attached hydrogens (tertiary/aromatic N) is 2. The van der Waals surface area contributed by atoms with E-state index in [-0.39, 0.29) is 31.4 Å². The Morgan fingerprint density at radius 2 is 1.63 bits per heavy atom. The summed E-state index contributed by atoms with van der Waals surface area (Å²) in [5.41, 5.74) is 8.79. The molecule has 0 unspecified atom stereocenters. The van der Waals surface area contributed by atoms with Crippen molar-refractivity contribution < 1.29 is 13.2 Å². The fourth-order valence-corrected chi connectivity index (χ4v) is 4.52. The summed E-state index contributed by atoms with van der Waals surface area (Å²) in [7, 11) is -3.55. The molecule has 0 bridgehead atoms. The van der Waals surface area contributed by atoms with Crippen LogP contribution >= 0.6 is 12.4 Å². The lowest BCUT2D eigenvalue weighted by molar-refractivity contribution is 0.0698. The zero-order valence-corrected chi connectivity index (χ0v) is 17.0. The fraction of sp³-hybridized carbons (Fsp3) is 0.316. The molecule has 1 aliphatic heterocycles. The molecule has 146 valence electrons. The first-order valence-electron chi connectivity index (χ1n) is 8.51. The second-order valence-corrected chi connectivity index (χ2v) is 8.51. The van der Waals surface area contributed by atoms with E-state index in [4.69, 9.17) is 5.73 Å². The number of anilines is 1. The van der Waals surface area contributed by atoms with Gasteiger partial charge in [0.05, 0.1) is 4.90 Å². The Kier molecular flexibility index (Phi) is 6.51. The van der Waals surface area contributed by atoms with Crippen molar-refractivity contribution in [2.75, 3.05) is 31.9 Å². The first-order valence-corrected chi connectivity index (χ1v) is 9.95. The van der Waals surface area contributed by atoms with Crippen molar-refractivity contribution >= 4 is 34.0 Å². The maximum absolute atomic E-state index is 12.8. The molecule has 3 rings (SSSR count). The van der Waals surface area contributed by atoms with E-state index in [1.54, 1.807) is 41.3 Å². The van der Waals surface area contributed by atoms with Crippen LogP contribution in [-0.2, 0) is 10.0 Å². The Morgan fingerprint density at radius 3 is 2.22 bits per heavy atom. The van der Waals surface area contributed by atoms with Crippen LogP contribution in [0.3, 0.4) is 0 Å². The van der Waals surface area contributed by atoms with Crippen LogP contribution in [0.15, 0.2) is 47.4 Å². The highest BCUT2D eigenvalue weighted by Crippen LogP contribution is 2.21. The number of rotatable bonds is 3. The lowest BCUT2D eigenvalue weighted by Crippen LogP contribution is -2.50. The molecule has 6 nitrogen and oxygen atoms in total. The van der Waals surface area contributed by atoms with Crippen LogP contribution in [0.5, 0.6) is 0 Å². The molecule has 27 heavy (non-hydrogen) atoms. The Balaban J connectivity index is 0.00000261. The number of hydrogen-bond donors (Lipinski definition) is 1. The molecule has 1 heterocycles. The van der Waals surface area contributed by atoms with E-state index in [0.29, 0.717) is 29.2 Å². The second kappa shape index (κ2) is 8.29. The Hall–Kier alpha value is -2.09. The van der Waals surface area contributed by atoms with Crippen LogP contribution in [0.2, 0.25) is 0 Å². The molecule has 1 saturated heterocycles. The molecule has 0 aromatic heterocycles. The predicted molar refractivity (Wildman–Crippen MR) is 109 cm³/mol. The average molecular weight is 410 g/mol. The van der Waals surface area contributed by atoms with Gasteiger partial charge in [-0.05, 0) is 55.3 Å². The molecule has 1 fully saturated rings. The number of sulfonamides is 1. The Bertz CT molecular complexity index is 939. The monoisotopic (exact) mass is 409 g/mol. The van der Waals surface area contributed by atoms with Crippen LogP contribution in [0.1, 0.15) is 21.5 Å². The average Bonchev–Trinajstić information content (AvgIpc) is 2.63. The minimum absolute atomic E-state index is 0. The Labute approximate surface area is 166 Å². The molecule has 1 aliphatic rings.